The van der Waals surface area contributed by atoms with Crippen molar-refractivity contribution in [3.8, 4) is 0 Å². The lowest BCUT2D eigenvalue weighted by Crippen LogP contribution is -2.30. The maximum absolute atomic E-state index is 11.7. The van der Waals surface area contributed by atoms with E-state index in [1.54, 1.807) is 0 Å². The van der Waals surface area contributed by atoms with Crippen LogP contribution >= 0.6 is 12.8 Å². The first-order chi connectivity index (χ1) is 7.97. The van der Waals surface area contributed by atoms with Crippen molar-refractivity contribution in [3.05, 3.63) is 35.9 Å². The summed E-state index contributed by atoms with van der Waals surface area (Å²) in [5.41, 5.74) is 0.692. The van der Waals surface area contributed by atoms with Crippen molar-refractivity contribution in [2.24, 2.45) is 5.41 Å². The normalized spacial score (nSPS) is 13.2. The van der Waals surface area contributed by atoms with E-state index in [0.717, 1.165) is 6.42 Å². The number of benzene rings is 1. The van der Waals surface area contributed by atoms with Crippen molar-refractivity contribution in [2.45, 2.75) is 33.1 Å². The highest BCUT2D eigenvalue weighted by molar-refractivity contribution is 7.77. The standard InChI is InChI=1S/C13H19NO2S/c1-10(11-7-5-4-6-8-11)9-13(2,3)12(15)16-14-17/h4-8,10,14,17H,9H2,1-3H3. The summed E-state index contributed by atoms with van der Waals surface area (Å²) in [5, 5.41) is 0. The molecule has 0 saturated carbocycles. The molecule has 1 N–H and O–H groups in total. The lowest BCUT2D eigenvalue weighted by Gasteiger charge is -2.25. The fraction of sp³-hybridized carbons (Fsp3) is 0.462. The molecule has 94 valence electrons. The molecule has 0 bridgehead atoms. The molecule has 1 aromatic carbocycles. The van der Waals surface area contributed by atoms with E-state index in [0.29, 0.717) is 5.92 Å². The van der Waals surface area contributed by atoms with Gasteiger partial charge in [-0.1, -0.05) is 55.0 Å². The van der Waals surface area contributed by atoms with Crippen LogP contribution in [0.2, 0.25) is 0 Å². The van der Waals surface area contributed by atoms with Crippen molar-refractivity contribution in [1.82, 2.24) is 4.89 Å². The van der Waals surface area contributed by atoms with E-state index in [1.807, 2.05) is 32.0 Å². The van der Waals surface area contributed by atoms with Gasteiger partial charge in [0.05, 0.1) is 5.41 Å². The highest BCUT2D eigenvalue weighted by atomic mass is 32.1. The van der Waals surface area contributed by atoms with Gasteiger partial charge in [0, 0.05) is 0 Å². The highest BCUT2D eigenvalue weighted by Gasteiger charge is 2.31. The average molecular weight is 253 g/mol. The molecule has 0 radical (unpaired) electrons. The zero-order valence-corrected chi connectivity index (χ0v) is 11.3. The van der Waals surface area contributed by atoms with E-state index >= 15 is 0 Å². The third-order valence-electron chi connectivity index (χ3n) is 2.88. The van der Waals surface area contributed by atoms with Gasteiger partial charge in [0.25, 0.3) is 0 Å². The van der Waals surface area contributed by atoms with Crippen LogP contribution in [-0.2, 0) is 9.63 Å². The number of carbonyl (C=O) groups is 1. The Hall–Kier alpha value is -1.00. The Bertz CT molecular complexity index is 365. The van der Waals surface area contributed by atoms with Crippen LogP contribution in [0.5, 0.6) is 0 Å². The molecule has 0 saturated heterocycles. The van der Waals surface area contributed by atoms with E-state index < -0.39 is 5.41 Å². The first-order valence-electron chi connectivity index (χ1n) is 5.62. The topological polar surface area (TPSA) is 38.3 Å². The Labute approximate surface area is 108 Å². The van der Waals surface area contributed by atoms with E-state index in [9.17, 15) is 4.79 Å². The van der Waals surface area contributed by atoms with Gasteiger partial charge >= 0.3 is 5.97 Å². The van der Waals surface area contributed by atoms with Gasteiger partial charge in [-0.2, -0.15) is 0 Å². The first-order valence-corrected chi connectivity index (χ1v) is 6.07. The smallest absolute Gasteiger partial charge is 0.331 e. The molecule has 3 nitrogen and oxygen atoms in total. The maximum atomic E-state index is 11.7. The molecule has 0 amide bonds. The number of thiol groups is 1. The summed E-state index contributed by atoms with van der Waals surface area (Å²) < 4.78 is 0. The van der Waals surface area contributed by atoms with Crippen LogP contribution in [-0.4, -0.2) is 5.97 Å². The van der Waals surface area contributed by atoms with Crippen molar-refractivity contribution in [3.63, 3.8) is 0 Å². The molecular weight excluding hydrogens is 234 g/mol. The van der Waals surface area contributed by atoms with E-state index in [1.165, 1.54) is 5.56 Å². The molecule has 0 aromatic heterocycles. The Morgan fingerprint density at radius 2 is 2.00 bits per heavy atom. The molecule has 17 heavy (non-hydrogen) atoms. The number of rotatable bonds is 5. The molecule has 0 aliphatic rings. The summed E-state index contributed by atoms with van der Waals surface area (Å²) in [4.78, 5) is 18.5. The average Bonchev–Trinajstić information content (AvgIpc) is 2.30. The quantitative estimate of drug-likeness (QED) is 0.625. The van der Waals surface area contributed by atoms with Crippen molar-refractivity contribution in [2.75, 3.05) is 0 Å². The molecule has 4 heteroatoms. The lowest BCUT2D eigenvalue weighted by atomic mass is 9.81. The van der Waals surface area contributed by atoms with Crippen LogP contribution in [0.15, 0.2) is 30.3 Å². The van der Waals surface area contributed by atoms with Crippen LogP contribution in [0.1, 0.15) is 38.7 Å². The second kappa shape index (κ2) is 6.07. The molecule has 1 unspecified atom stereocenters. The van der Waals surface area contributed by atoms with Crippen LogP contribution in [0, 0.1) is 5.41 Å². The van der Waals surface area contributed by atoms with E-state index in [4.69, 9.17) is 4.84 Å². The van der Waals surface area contributed by atoms with Crippen LogP contribution in [0.25, 0.3) is 0 Å². The molecule has 1 rings (SSSR count). The Balaban J connectivity index is 2.67. The van der Waals surface area contributed by atoms with Gasteiger partial charge in [-0.25, -0.2) is 4.79 Å². The second-order valence-corrected chi connectivity index (χ2v) is 5.06. The summed E-state index contributed by atoms with van der Waals surface area (Å²) in [6.45, 7) is 5.86. The molecule has 0 spiro atoms. The highest BCUT2D eigenvalue weighted by Crippen LogP contribution is 2.32. The van der Waals surface area contributed by atoms with Crippen molar-refractivity contribution < 1.29 is 9.63 Å². The van der Waals surface area contributed by atoms with Gasteiger partial charge in [0.2, 0.25) is 0 Å². The molecule has 1 atom stereocenters. The monoisotopic (exact) mass is 253 g/mol. The van der Waals surface area contributed by atoms with Gasteiger partial charge in [-0.15, -0.1) is 0 Å². The summed E-state index contributed by atoms with van der Waals surface area (Å²) in [7, 11) is 0. The minimum atomic E-state index is -0.537. The molecular formula is C13H19NO2S. The zero-order valence-electron chi connectivity index (χ0n) is 10.4. The molecule has 0 heterocycles. The maximum Gasteiger partial charge on any atom is 0.331 e. The lowest BCUT2D eigenvalue weighted by molar-refractivity contribution is -0.157. The number of carbonyl (C=O) groups excluding carboxylic acids is 1. The van der Waals surface area contributed by atoms with Crippen LogP contribution in [0.3, 0.4) is 0 Å². The Morgan fingerprint density at radius 3 is 2.53 bits per heavy atom. The summed E-state index contributed by atoms with van der Waals surface area (Å²) in [6, 6.07) is 10.1. The van der Waals surface area contributed by atoms with E-state index in [-0.39, 0.29) is 5.97 Å². The predicted octanol–water partition coefficient (Wildman–Crippen LogP) is 3.10. The van der Waals surface area contributed by atoms with Gasteiger partial charge in [0.15, 0.2) is 0 Å². The molecule has 0 aliphatic carbocycles. The van der Waals surface area contributed by atoms with Crippen LogP contribution < -0.4 is 4.89 Å². The van der Waals surface area contributed by atoms with Crippen LogP contribution in [0.4, 0.5) is 0 Å². The minimum absolute atomic E-state index is 0.296. The fourth-order valence-electron chi connectivity index (χ4n) is 1.93. The van der Waals surface area contributed by atoms with Gasteiger partial charge in [-0.3, -0.25) is 0 Å². The molecule has 0 aliphatic heterocycles. The third-order valence-corrected chi connectivity index (χ3v) is 2.97. The number of hydrogen-bond acceptors (Lipinski definition) is 4. The largest absolute Gasteiger partial charge is 0.360 e. The number of nitrogens with one attached hydrogen (secondary N) is 1. The SMILES string of the molecule is CC(CC(C)(C)C(=O)ONS)c1ccccc1. The first kappa shape index (κ1) is 14.1. The van der Waals surface area contributed by atoms with Gasteiger partial charge < -0.3 is 4.84 Å². The summed E-state index contributed by atoms with van der Waals surface area (Å²) >= 11 is 3.66. The fourth-order valence-corrected chi connectivity index (χ4v) is 2.01. The van der Waals surface area contributed by atoms with Crippen molar-refractivity contribution >= 4 is 18.8 Å². The van der Waals surface area contributed by atoms with E-state index in [2.05, 4.69) is 36.8 Å². The molecule has 1 aromatic rings. The van der Waals surface area contributed by atoms with Crippen molar-refractivity contribution in [1.29, 1.82) is 0 Å². The predicted molar refractivity (Wildman–Crippen MR) is 71.5 cm³/mol. The molecule has 0 fully saturated rings. The minimum Gasteiger partial charge on any atom is -0.360 e. The number of hydrogen-bond donors (Lipinski definition) is 2. The zero-order chi connectivity index (χ0) is 12.9. The Morgan fingerprint density at radius 1 is 1.41 bits per heavy atom. The summed E-state index contributed by atoms with van der Waals surface area (Å²) in [5.74, 6) is 0.00829. The Kier molecular flexibility index (Phi) is 5.02. The van der Waals surface area contributed by atoms with Gasteiger partial charge in [-0.05, 0) is 31.7 Å². The van der Waals surface area contributed by atoms with Gasteiger partial charge in [0.1, 0.15) is 0 Å². The third kappa shape index (κ3) is 4.06. The summed E-state index contributed by atoms with van der Waals surface area (Å²) in [6.07, 6.45) is 0.727. The second-order valence-electron chi connectivity index (χ2n) is 4.88.